The van der Waals surface area contributed by atoms with Crippen molar-refractivity contribution in [1.29, 1.82) is 0 Å². The van der Waals surface area contributed by atoms with E-state index in [1.54, 1.807) is 0 Å². The first kappa shape index (κ1) is 9.44. The summed E-state index contributed by atoms with van der Waals surface area (Å²) < 4.78 is 10.6. The third-order valence-corrected chi connectivity index (χ3v) is 3.07. The zero-order chi connectivity index (χ0) is 9.10. The molecule has 1 aliphatic heterocycles. The Morgan fingerprint density at radius 2 is 1.77 bits per heavy atom. The van der Waals surface area contributed by atoms with E-state index in [2.05, 4.69) is 0 Å². The Balaban J connectivity index is 1.73. The number of hydrogen-bond acceptors (Lipinski definition) is 3. The number of rotatable bonds is 3. The largest absolute Gasteiger partial charge is 0.393 e. The van der Waals surface area contributed by atoms with Gasteiger partial charge in [0.2, 0.25) is 0 Å². The van der Waals surface area contributed by atoms with Crippen LogP contribution in [0, 0.1) is 5.92 Å². The second kappa shape index (κ2) is 4.40. The summed E-state index contributed by atoms with van der Waals surface area (Å²) in [4.78, 5) is 0. The van der Waals surface area contributed by atoms with Crippen LogP contribution in [-0.2, 0) is 9.47 Å². The lowest BCUT2D eigenvalue weighted by Gasteiger charge is -2.19. The van der Waals surface area contributed by atoms with Gasteiger partial charge in [-0.2, -0.15) is 0 Å². The molecule has 13 heavy (non-hydrogen) atoms. The first-order valence-electron chi connectivity index (χ1n) is 5.27. The van der Waals surface area contributed by atoms with Gasteiger partial charge in [0, 0.05) is 6.42 Å². The third kappa shape index (κ3) is 2.42. The summed E-state index contributed by atoms with van der Waals surface area (Å²) in [6, 6.07) is 0. The zero-order valence-electron chi connectivity index (χ0n) is 7.95. The summed E-state index contributed by atoms with van der Waals surface area (Å²) in [6.45, 7) is 1.37. The van der Waals surface area contributed by atoms with Crippen LogP contribution in [0.4, 0.5) is 0 Å². The Morgan fingerprint density at radius 3 is 2.38 bits per heavy atom. The van der Waals surface area contributed by atoms with Crippen molar-refractivity contribution in [1.82, 2.24) is 0 Å². The van der Waals surface area contributed by atoms with Gasteiger partial charge in [-0.3, -0.25) is 0 Å². The monoisotopic (exact) mass is 186 g/mol. The molecule has 2 rings (SSSR count). The molecule has 0 aromatic carbocycles. The van der Waals surface area contributed by atoms with E-state index >= 15 is 0 Å². The smallest absolute Gasteiger partial charge is 0.160 e. The Kier molecular flexibility index (Phi) is 3.19. The van der Waals surface area contributed by atoms with Crippen LogP contribution in [0.15, 0.2) is 0 Å². The van der Waals surface area contributed by atoms with Crippen LogP contribution >= 0.6 is 0 Å². The fourth-order valence-corrected chi connectivity index (χ4v) is 2.28. The minimum atomic E-state index is -0.217. The van der Waals surface area contributed by atoms with Crippen molar-refractivity contribution in [2.75, 3.05) is 13.2 Å². The zero-order valence-corrected chi connectivity index (χ0v) is 7.95. The van der Waals surface area contributed by atoms with E-state index in [4.69, 9.17) is 9.47 Å². The van der Waals surface area contributed by atoms with Gasteiger partial charge in [0.25, 0.3) is 0 Å². The van der Waals surface area contributed by atoms with E-state index in [9.17, 15) is 5.11 Å². The molecular formula is C10H18O3. The van der Waals surface area contributed by atoms with Gasteiger partial charge in [0.15, 0.2) is 6.29 Å². The van der Waals surface area contributed by atoms with Crippen molar-refractivity contribution in [3.8, 4) is 0 Å². The van der Waals surface area contributed by atoms with Crippen LogP contribution < -0.4 is 0 Å². The SMILES string of the molecule is OC(CC1OCCO1)C1CCCC1. The number of ether oxygens (including phenoxy) is 2. The van der Waals surface area contributed by atoms with E-state index in [1.165, 1.54) is 25.7 Å². The molecule has 1 saturated carbocycles. The predicted molar refractivity (Wildman–Crippen MR) is 48.3 cm³/mol. The molecule has 1 unspecified atom stereocenters. The fraction of sp³-hybridized carbons (Fsp3) is 1.00. The lowest BCUT2D eigenvalue weighted by molar-refractivity contribution is -0.0787. The van der Waals surface area contributed by atoms with Crippen molar-refractivity contribution in [2.45, 2.75) is 44.5 Å². The highest BCUT2D eigenvalue weighted by Gasteiger charge is 2.27. The third-order valence-electron chi connectivity index (χ3n) is 3.07. The highest BCUT2D eigenvalue weighted by molar-refractivity contribution is 4.76. The summed E-state index contributed by atoms with van der Waals surface area (Å²) in [5, 5.41) is 9.85. The van der Waals surface area contributed by atoms with E-state index in [0.717, 1.165) is 0 Å². The first-order chi connectivity index (χ1) is 6.36. The summed E-state index contributed by atoms with van der Waals surface area (Å²) in [6.07, 6.45) is 5.19. The molecule has 1 heterocycles. The maximum absolute atomic E-state index is 9.85. The molecule has 0 amide bonds. The number of aliphatic hydroxyl groups is 1. The molecule has 0 spiro atoms. The van der Waals surface area contributed by atoms with Crippen LogP contribution in [0.2, 0.25) is 0 Å². The van der Waals surface area contributed by atoms with Crippen LogP contribution in [0.25, 0.3) is 0 Å². The van der Waals surface area contributed by atoms with Gasteiger partial charge in [0.05, 0.1) is 19.3 Å². The van der Waals surface area contributed by atoms with Gasteiger partial charge >= 0.3 is 0 Å². The molecule has 0 aromatic rings. The summed E-state index contributed by atoms with van der Waals surface area (Å²) in [5.74, 6) is 0.493. The Hall–Kier alpha value is -0.120. The molecule has 0 aromatic heterocycles. The quantitative estimate of drug-likeness (QED) is 0.722. The van der Waals surface area contributed by atoms with Gasteiger partial charge in [-0.25, -0.2) is 0 Å². The molecule has 3 heteroatoms. The van der Waals surface area contributed by atoms with Gasteiger partial charge in [-0.05, 0) is 18.8 Å². The van der Waals surface area contributed by atoms with Crippen LogP contribution in [0.1, 0.15) is 32.1 Å². The summed E-state index contributed by atoms with van der Waals surface area (Å²) >= 11 is 0. The summed E-state index contributed by atoms with van der Waals surface area (Å²) in [5.41, 5.74) is 0. The molecule has 1 saturated heterocycles. The van der Waals surface area contributed by atoms with E-state index < -0.39 is 0 Å². The average molecular weight is 186 g/mol. The van der Waals surface area contributed by atoms with Gasteiger partial charge in [-0.15, -0.1) is 0 Å². The molecule has 2 fully saturated rings. The van der Waals surface area contributed by atoms with E-state index in [0.29, 0.717) is 25.6 Å². The van der Waals surface area contributed by atoms with Crippen molar-refractivity contribution >= 4 is 0 Å². The molecule has 1 aliphatic carbocycles. The number of aliphatic hydroxyl groups excluding tert-OH is 1. The van der Waals surface area contributed by atoms with E-state index in [1.807, 2.05) is 0 Å². The predicted octanol–water partition coefficient (Wildman–Crippen LogP) is 1.30. The highest BCUT2D eigenvalue weighted by atomic mass is 16.7. The normalized spacial score (nSPS) is 28.4. The lowest BCUT2D eigenvalue weighted by Crippen LogP contribution is -2.24. The second-order valence-electron chi connectivity index (χ2n) is 4.02. The minimum absolute atomic E-state index is 0.143. The maximum atomic E-state index is 9.85. The standard InChI is InChI=1S/C10H18O3/c11-9(8-3-1-2-4-8)7-10-12-5-6-13-10/h8-11H,1-7H2. The van der Waals surface area contributed by atoms with Crippen molar-refractivity contribution in [3.05, 3.63) is 0 Å². The molecule has 3 nitrogen and oxygen atoms in total. The van der Waals surface area contributed by atoms with Gasteiger partial charge in [0.1, 0.15) is 0 Å². The molecular weight excluding hydrogens is 168 g/mol. The van der Waals surface area contributed by atoms with Crippen molar-refractivity contribution in [2.24, 2.45) is 5.92 Å². The Labute approximate surface area is 79.0 Å². The van der Waals surface area contributed by atoms with E-state index in [-0.39, 0.29) is 12.4 Å². The van der Waals surface area contributed by atoms with Crippen LogP contribution in [0.5, 0.6) is 0 Å². The fourth-order valence-electron chi connectivity index (χ4n) is 2.28. The lowest BCUT2D eigenvalue weighted by atomic mass is 9.98. The Morgan fingerprint density at radius 1 is 1.15 bits per heavy atom. The first-order valence-corrected chi connectivity index (χ1v) is 5.27. The molecule has 76 valence electrons. The maximum Gasteiger partial charge on any atom is 0.160 e. The van der Waals surface area contributed by atoms with Gasteiger partial charge < -0.3 is 14.6 Å². The minimum Gasteiger partial charge on any atom is -0.393 e. The molecule has 0 radical (unpaired) electrons. The molecule has 0 bridgehead atoms. The highest BCUT2D eigenvalue weighted by Crippen LogP contribution is 2.30. The molecule has 1 atom stereocenters. The van der Waals surface area contributed by atoms with Gasteiger partial charge in [-0.1, -0.05) is 12.8 Å². The van der Waals surface area contributed by atoms with Crippen LogP contribution in [0.3, 0.4) is 0 Å². The second-order valence-corrected chi connectivity index (χ2v) is 4.02. The van der Waals surface area contributed by atoms with Crippen molar-refractivity contribution in [3.63, 3.8) is 0 Å². The van der Waals surface area contributed by atoms with Crippen molar-refractivity contribution < 1.29 is 14.6 Å². The Bertz CT molecular complexity index is 148. The number of hydrogen-bond donors (Lipinski definition) is 1. The molecule has 2 aliphatic rings. The summed E-state index contributed by atoms with van der Waals surface area (Å²) in [7, 11) is 0. The van der Waals surface area contributed by atoms with Crippen LogP contribution in [-0.4, -0.2) is 30.7 Å². The molecule has 1 N–H and O–H groups in total. The topological polar surface area (TPSA) is 38.7 Å². The average Bonchev–Trinajstić information content (AvgIpc) is 2.74.